The molecule has 5 nitrogen and oxygen atoms in total. The summed E-state index contributed by atoms with van der Waals surface area (Å²) in [7, 11) is 0. The fraction of sp³-hybridized carbons (Fsp3) is 0.444. The summed E-state index contributed by atoms with van der Waals surface area (Å²) in [5.74, 6) is -0.730. The molecule has 1 heterocycles. The molecule has 1 atom stereocenters. The van der Waals surface area contributed by atoms with E-state index >= 15 is 0 Å². The summed E-state index contributed by atoms with van der Waals surface area (Å²) in [6.45, 7) is 3.65. The van der Waals surface area contributed by atoms with Crippen molar-refractivity contribution >= 4 is 11.9 Å². The summed E-state index contributed by atoms with van der Waals surface area (Å²) in [5, 5.41) is 2.69. The van der Waals surface area contributed by atoms with Crippen LogP contribution in [0.2, 0.25) is 0 Å². The van der Waals surface area contributed by atoms with Gasteiger partial charge in [-0.25, -0.2) is 19.2 Å². The molecule has 1 N–H and O–H groups in total. The van der Waals surface area contributed by atoms with E-state index in [1.807, 2.05) is 0 Å². The van der Waals surface area contributed by atoms with Crippen molar-refractivity contribution in [2.75, 3.05) is 11.9 Å². The Balaban J connectivity index is 2.54. The highest BCUT2D eigenvalue weighted by atomic mass is 19.1. The summed E-state index contributed by atoms with van der Waals surface area (Å²) in [5.41, 5.74) is 0. The van der Waals surface area contributed by atoms with Crippen molar-refractivity contribution in [3.05, 3.63) is 18.2 Å². The highest BCUT2D eigenvalue weighted by molar-refractivity contribution is 5.77. The van der Waals surface area contributed by atoms with Crippen molar-refractivity contribution in [2.45, 2.75) is 19.9 Å². The molecular formula is C9H12FN3O2. The standard InChI is InChI=1S/C9H12FN3O2/c1-3-15-8(14)6(2)13-9-11-4-7(10)5-12-9/h4-6H,3H2,1-2H3,(H,11,12,13). The van der Waals surface area contributed by atoms with Crippen LogP contribution in [0.3, 0.4) is 0 Å². The molecule has 15 heavy (non-hydrogen) atoms. The average molecular weight is 213 g/mol. The second kappa shape index (κ2) is 5.23. The number of rotatable bonds is 4. The first-order valence-corrected chi connectivity index (χ1v) is 4.54. The van der Waals surface area contributed by atoms with Gasteiger partial charge in [-0.2, -0.15) is 0 Å². The van der Waals surface area contributed by atoms with Crippen LogP contribution in [0, 0.1) is 5.82 Å². The highest BCUT2D eigenvalue weighted by Crippen LogP contribution is 2.01. The van der Waals surface area contributed by atoms with Crippen molar-refractivity contribution in [1.82, 2.24) is 9.97 Å². The summed E-state index contributed by atoms with van der Waals surface area (Å²) in [4.78, 5) is 18.5. The summed E-state index contributed by atoms with van der Waals surface area (Å²) in [6, 6.07) is -0.560. The second-order valence-corrected chi connectivity index (χ2v) is 2.84. The third-order valence-corrected chi connectivity index (χ3v) is 1.61. The topological polar surface area (TPSA) is 64.1 Å². The first kappa shape index (κ1) is 11.4. The SMILES string of the molecule is CCOC(=O)C(C)Nc1ncc(F)cn1. The lowest BCUT2D eigenvalue weighted by molar-refractivity contribution is -0.143. The monoisotopic (exact) mass is 213 g/mol. The third-order valence-electron chi connectivity index (χ3n) is 1.61. The van der Waals surface area contributed by atoms with Gasteiger partial charge < -0.3 is 10.1 Å². The Morgan fingerprint density at radius 2 is 2.20 bits per heavy atom. The normalized spacial score (nSPS) is 11.9. The van der Waals surface area contributed by atoms with E-state index in [-0.39, 0.29) is 5.95 Å². The van der Waals surface area contributed by atoms with Crippen LogP contribution in [0.1, 0.15) is 13.8 Å². The van der Waals surface area contributed by atoms with E-state index < -0.39 is 17.8 Å². The van der Waals surface area contributed by atoms with Gasteiger partial charge in [0.2, 0.25) is 5.95 Å². The number of hydrogen-bond acceptors (Lipinski definition) is 5. The van der Waals surface area contributed by atoms with Crippen LogP contribution in [-0.2, 0) is 9.53 Å². The molecule has 1 rings (SSSR count). The van der Waals surface area contributed by atoms with E-state index in [2.05, 4.69) is 15.3 Å². The molecule has 1 unspecified atom stereocenters. The molecule has 1 aromatic rings. The number of nitrogens with zero attached hydrogens (tertiary/aromatic N) is 2. The Hall–Kier alpha value is -1.72. The van der Waals surface area contributed by atoms with E-state index in [9.17, 15) is 9.18 Å². The van der Waals surface area contributed by atoms with Crippen LogP contribution in [0.25, 0.3) is 0 Å². The van der Waals surface area contributed by atoms with Crippen LogP contribution < -0.4 is 5.32 Å². The summed E-state index contributed by atoms with van der Waals surface area (Å²) in [6.07, 6.45) is 2.04. The molecule has 0 aliphatic carbocycles. The molecule has 0 fully saturated rings. The van der Waals surface area contributed by atoms with Gasteiger partial charge in [0.1, 0.15) is 6.04 Å². The lowest BCUT2D eigenvalue weighted by Gasteiger charge is -2.11. The lowest BCUT2D eigenvalue weighted by atomic mass is 10.3. The van der Waals surface area contributed by atoms with E-state index in [1.54, 1.807) is 13.8 Å². The number of hydrogen-bond donors (Lipinski definition) is 1. The lowest BCUT2D eigenvalue weighted by Crippen LogP contribution is -2.29. The third kappa shape index (κ3) is 3.49. The molecule has 82 valence electrons. The smallest absolute Gasteiger partial charge is 0.328 e. The molecule has 1 aromatic heterocycles. The van der Waals surface area contributed by atoms with Crippen molar-refractivity contribution in [3.63, 3.8) is 0 Å². The van der Waals surface area contributed by atoms with Gasteiger partial charge >= 0.3 is 5.97 Å². The van der Waals surface area contributed by atoms with Gasteiger partial charge in [0.05, 0.1) is 19.0 Å². The predicted octanol–water partition coefficient (Wildman–Crippen LogP) is 0.979. The van der Waals surface area contributed by atoms with Crippen LogP contribution in [0.4, 0.5) is 10.3 Å². The van der Waals surface area contributed by atoms with Crippen molar-refractivity contribution in [2.24, 2.45) is 0 Å². The van der Waals surface area contributed by atoms with Crippen LogP contribution in [-0.4, -0.2) is 28.6 Å². The number of halogens is 1. The molecule has 0 spiro atoms. The second-order valence-electron chi connectivity index (χ2n) is 2.84. The summed E-state index contributed by atoms with van der Waals surface area (Å²) < 4.78 is 17.2. The van der Waals surface area contributed by atoms with Crippen LogP contribution in [0.15, 0.2) is 12.4 Å². The van der Waals surface area contributed by atoms with Crippen LogP contribution in [0.5, 0.6) is 0 Å². The number of anilines is 1. The maximum atomic E-state index is 12.5. The van der Waals surface area contributed by atoms with E-state index in [0.29, 0.717) is 6.61 Å². The van der Waals surface area contributed by atoms with Crippen LogP contribution >= 0.6 is 0 Å². The van der Waals surface area contributed by atoms with Crippen molar-refractivity contribution in [3.8, 4) is 0 Å². The summed E-state index contributed by atoms with van der Waals surface area (Å²) >= 11 is 0. The fourth-order valence-corrected chi connectivity index (χ4v) is 0.907. The van der Waals surface area contributed by atoms with E-state index in [1.165, 1.54) is 0 Å². The predicted molar refractivity (Wildman–Crippen MR) is 51.7 cm³/mol. The van der Waals surface area contributed by atoms with Gasteiger partial charge in [-0.3, -0.25) is 0 Å². The maximum Gasteiger partial charge on any atom is 0.328 e. The van der Waals surface area contributed by atoms with Gasteiger partial charge in [0.25, 0.3) is 0 Å². The minimum atomic E-state index is -0.560. The van der Waals surface area contributed by atoms with E-state index in [0.717, 1.165) is 12.4 Å². The average Bonchev–Trinajstić information content (AvgIpc) is 2.22. The van der Waals surface area contributed by atoms with Crippen molar-refractivity contribution in [1.29, 1.82) is 0 Å². The highest BCUT2D eigenvalue weighted by Gasteiger charge is 2.14. The Bertz CT molecular complexity index is 329. The Morgan fingerprint density at radius 1 is 1.60 bits per heavy atom. The van der Waals surface area contributed by atoms with Crippen molar-refractivity contribution < 1.29 is 13.9 Å². The number of carbonyl (C=O) groups excluding carboxylic acids is 1. The molecule has 0 aliphatic heterocycles. The molecular weight excluding hydrogens is 201 g/mol. The molecule has 0 saturated carbocycles. The first-order valence-electron chi connectivity index (χ1n) is 4.54. The molecule has 0 amide bonds. The zero-order chi connectivity index (χ0) is 11.3. The molecule has 0 aromatic carbocycles. The number of aromatic nitrogens is 2. The molecule has 0 radical (unpaired) electrons. The zero-order valence-corrected chi connectivity index (χ0v) is 8.53. The molecule has 0 bridgehead atoms. The Morgan fingerprint density at radius 3 is 2.73 bits per heavy atom. The zero-order valence-electron chi connectivity index (χ0n) is 8.53. The van der Waals surface area contributed by atoms with E-state index in [4.69, 9.17) is 4.74 Å². The van der Waals surface area contributed by atoms with Gasteiger partial charge in [-0.15, -0.1) is 0 Å². The minimum Gasteiger partial charge on any atom is -0.464 e. The fourth-order valence-electron chi connectivity index (χ4n) is 0.907. The largest absolute Gasteiger partial charge is 0.464 e. The molecule has 6 heteroatoms. The Kier molecular flexibility index (Phi) is 3.96. The Labute approximate surface area is 86.7 Å². The number of esters is 1. The number of ether oxygens (including phenoxy) is 1. The molecule has 0 saturated heterocycles. The van der Waals surface area contributed by atoms with Gasteiger partial charge in [-0.1, -0.05) is 0 Å². The quantitative estimate of drug-likeness (QED) is 0.755. The number of nitrogens with one attached hydrogen (secondary N) is 1. The number of carbonyl (C=O) groups is 1. The molecule has 0 aliphatic rings. The maximum absolute atomic E-state index is 12.5. The first-order chi connectivity index (χ1) is 7.13. The van der Waals surface area contributed by atoms with Gasteiger partial charge in [0.15, 0.2) is 5.82 Å². The van der Waals surface area contributed by atoms with Gasteiger partial charge in [0, 0.05) is 0 Å². The van der Waals surface area contributed by atoms with Gasteiger partial charge in [-0.05, 0) is 13.8 Å². The minimum absolute atomic E-state index is 0.192.